The van der Waals surface area contributed by atoms with E-state index in [0.29, 0.717) is 5.56 Å². The lowest BCUT2D eigenvalue weighted by atomic mass is 10.1. The van der Waals surface area contributed by atoms with Crippen LogP contribution in [0, 0.1) is 5.41 Å². The SMILES string of the molecule is N=C(N)c1ccc(C(=O)O)cc1.Nc1ccccc1. The van der Waals surface area contributed by atoms with Crippen molar-refractivity contribution in [3.05, 3.63) is 65.7 Å². The van der Waals surface area contributed by atoms with E-state index in [2.05, 4.69) is 0 Å². The summed E-state index contributed by atoms with van der Waals surface area (Å²) >= 11 is 0. The number of para-hydroxylation sites is 1. The van der Waals surface area contributed by atoms with Gasteiger partial charge in [-0.3, -0.25) is 5.41 Å². The minimum Gasteiger partial charge on any atom is -0.478 e. The molecule has 0 bridgehead atoms. The molecule has 19 heavy (non-hydrogen) atoms. The van der Waals surface area contributed by atoms with Crippen LogP contribution in [0.5, 0.6) is 0 Å². The molecule has 2 aromatic carbocycles. The average Bonchev–Trinajstić information content (AvgIpc) is 2.40. The fraction of sp³-hybridized carbons (Fsp3) is 0. The molecule has 0 heterocycles. The van der Waals surface area contributed by atoms with Crippen LogP contribution in [0.25, 0.3) is 0 Å². The van der Waals surface area contributed by atoms with E-state index in [-0.39, 0.29) is 11.4 Å². The highest BCUT2D eigenvalue weighted by Crippen LogP contribution is 2.03. The first-order valence-corrected chi connectivity index (χ1v) is 5.49. The van der Waals surface area contributed by atoms with Crippen molar-refractivity contribution < 1.29 is 9.90 Å². The molecule has 2 rings (SSSR count). The number of rotatable bonds is 2. The maximum absolute atomic E-state index is 10.4. The summed E-state index contributed by atoms with van der Waals surface area (Å²) in [7, 11) is 0. The second kappa shape index (κ2) is 6.80. The molecule has 0 aliphatic carbocycles. The number of nitrogens with one attached hydrogen (secondary N) is 1. The fourth-order valence-electron chi connectivity index (χ4n) is 1.25. The van der Waals surface area contributed by atoms with Crippen LogP contribution in [-0.4, -0.2) is 16.9 Å². The summed E-state index contributed by atoms with van der Waals surface area (Å²) in [5, 5.41) is 15.6. The third-order valence-electron chi connectivity index (χ3n) is 2.24. The predicted octanol–water partition coefficient (Wildman–Crippen LogP) is 1.94. The molecule has 0 radical (unpaired) electrons. The van der Waals surface area contributed by atoms with Gasteiger partial charge in [-0.25, -0.2) is 4.79 Å². The molecule has 5 nitrogen and oxygen atoms in total. The molecule has 5 heteroatoms. The van der Waals surface area contributed by atoms with E-state index in [0.717, 1.165) is 5.69 Å². The molecule has 0 saturated carbocycles. The standard InChI is InChI=1S/C8H8N2O2.C6H7N/c9-7(10)5-1-3-6(4-2-5)8(11)12;7-6-4-2-1-3-5-6/h1-4H,(H3,9,10)(H,11,12);1-5H,7H2. The van der Waals surface area contributed by atoms with Crippen molar-refractivity contribution in [3.63, 3.8) is 0 Å². The minimum atomic E-state index is -0.981. The lowest BCUT2D eigenvalue weighted by Crippen LogP contribution is -2.11. The molecule has 0 unspecified atom stereocenters. The third kappa shape index (κ3) is 4.91. The topological polar surface area (TPSA) is 113 Å². The molecule has 0 aromatic heterocycles. The highest BCUT2D eigenvalue weighted by atomic mass is 16.4. The number of carboxylic acid groups (broad SMARTS) is 1. The van der Waals surface area contributed by atoms with Gasteiger partial charge >= 0.3 is 5.97 Å². The van der Waals surface area contributed by atoms with E-state index in [9.17, 15) is 4.79 Å². The van der Waals surface area contributed by atoms with Gasteiger partial charge in [0.2, 0.25) is 0 Å². The van der Waals surface area contributed by atoms with E-state index < -0.39 is 5.97 Å². The van der Waals surface area contributed by atoms with Gasteiger partial charge in [0, 0.05) is 11.3 Å². The molecule has 0 saturated heterocycles. The largest absolute Gasteiger partial charge is 0.478 e. The summed E-state index contributed by atoms with van der Waals surface area (Å²) in [5.74, 6) is -1.04. The highest BCUT2D eigenvalue weighted by Gasteiger charge is 2.01. The number of carboxylic acids is 1. The molecule has 0 spiro atoms. The monoisotopic (exact) mass is 257 g/mol. The van der Waals surface area contributed by atoms with Gasteiger partial charge in [-0.05, 0) is 24.3 Å². The molecular weight excluding hydrogens is 242 g/mol. The van der Waals surface area contributed by atoms with Crippen LogP contribution in [0.2, 0.25) is 0 Å². The van der Waals surface area contributed by atoms with Crippen LogP contribution < -0.4 is 11.5 Å². The summed E-state index contributed by atoms with van der Waals surface area (Å²) in [4.78, 5) is 10.4. The van der Waals surface area contributed by atoms with Crippen LogP contribution in [0.15, 0.2) is 54.6 Å². The first-order chi connectivity index (χ1) is 9.00. The maximum atomic E-state index is 10.4. The predicted molar refractivity (Wildman–Crippen MR) is 75.3 cm³/mol. The van der Waals surface area contributed by atoms with Gasteiger partial charge in [-0.1, -0.05) is 30.3 Å². The number of nitrogens with two attached hydrogens (primary N) is 2. The Balaban J connectivity index is 0.000000218. The van der Waals surface area contributed by atoms with Crippen molar-refractivity contribution >= 4 is 17.5 Å². The van der Waals surface area contributed by atoms with Crippen molar-refractivity contribution in [2.45, 2.75) is 0 Å². The average molecular weight is 257 g/mol. The van der Waals surface area contributed by atoms with Crippen LogP contribution in [0.1, 0.15) is 15.9 Å². The second-order valence-corrected chi connectivity index (χ2v) is 3.71. The van der Waals surface area contributed by atoms with E-state index in [4.69, 9.17) is 22.0 Å². The number of anilines is 1. The van der Waals surface area contributed by atoms with Crippen molar-refractivity contribution in [2.75, 3.05) is 5.73 Å². The molecular formula is C14H15N3O2. The fourth-order valence-corrected chi connectivity index (χ4v) is 1.25. The first-order valence-electron chi connectivity index (χ1n) is 5.49. The molecule has 6 N–H and O–H groups in total. The zero-order valence-corrected chi connectivity index (χ0v) is 10.2. The van der Waals surface area contributed by atoms with Crippen molar-refractivity contribution in [1.82, 2.24) is 0 Å². The van der Waals surface area contributed by atoms with Gasteiger partial charge in [-0.2, -0.15) is 0 Å². The van der Waals surface area contributed by atoms with Crippen molar-refractivity contribution in [2.24, 2.45) is 5.73 Å². The second-order valence-electron chi connectivity index (χ2n) is 3.71. The third-order valence-corrected chi connectivity index (χ3v) is 2.24. The summed E-state index contributed by atoms with van der Waals surface area (Å²) in [6.07, 6.45) is 0. The van der Waals surface area contributed by atoms with Crippen LogP contribution in [-0.2, 0) is 0 Å². The number of hydrogen-bond donors (Lipinski definition) is 4. The van der Waals surface area contributed by atoms with Crippen LogP contribution in [0.3, 0.4) is 0 Å². The van der Waals surface area contributed by atoms with Gasteiger partial charge in [0.15, 0.2) is 0 Å². The number of carbonyl (C=O) groups is 1. The van der Waals surface area contributed by atoms with Gasteiger partial charge < -0.3 is 16.6 Å². The maximum Gasteiger partial charge on any atom is 0.335 e. The zero-order valence-electron chi connectivity index (χ0n) is 10.2. The van der Waals surface area contributed by atoms with Crippen LogP contribution >= 0.6 is 0 Å². The van der Waals surface area contributed by atoms with E-state index in [1.165, 1.54) is 24.3 Å². The number of nitrogen functional groups attached to an aromatic ring is 2. The zero-order chi connectivity index (χ0) is 14.3. The Bertz CT molecular complexity index is 518. The number of amidine groups is 1. The lowest BCUT2D eigenvalue weighted by molar-refractivity contribution is 0.0697. The van der Waals surface area contributed by atoms with Gasteiger partial charge in [0.05, 0.1) is 5.56 Å². The molecule has 0 fully saturated rings. The number of aromatic carboxylic acids is 1. The first kappa shape index (κ1) is 14.2. The summed E-state index contributed by atoms with van der Waals surface area (Å²) in [6.45, 7) is 0. The minimum absolute atomic E-state index is 0.0630. The van der Waals surface area contributed by atoms with Crippen molar-refractivity contribution in [3.8, 4) is 0 Å². The van der Waals surface area contributed by atoms with E-state index in [1.54, 1.807) is 0 Å². The molecule has 2 aromatic rings. The Kier molecular flexibility index (Phi) is 5.10. The molecule has 0 aliphatic rings. The Labute approximate surface area is 111 Å². The van der Waals surface area contributed by atoms with Gasteiger partial charge in [-0.15, -0.1) is 0 Å². The molecule has 0 amide bonds. The normalized spacial score (nSPS) is 9.05. The van der Waals surface area contributed by atoms with Crippen LogP contribution in [0.4, 0.5) is 5.69 Å². The quantitative estimate of drug-likeness (QED) is 0.374. The molecule has 0 atom stereocenters. The Morgan fingerprint density at radius 2 is 1.42 bits per heavy atom. The molecule has 98 valence electrons. The Morgan fingerprint density at radius 3 is 1.74 bits per heavy atom. The van der Waals surface area contributed by atoms with E-state index >= 15 is 0 Å². The number of hydrogen-bond acceptors (Lipinski definition) is 3. The highest BCUT2D eigenvalue weighted by molar-refractivity contribution is 5.96. The van der Waals surface area contributed by atoms with Gasteiger partial charge in [0.25, 0.3) is 0 Å². The molecule has 0 aliphatic heterocycles. The number of benzene rings is 2. The Hall–Kier alpha value is -2.82. The summed E-state index contributed by atoms with van der Waals surface area (Å²) in [6, 6.07) is 15.3. The van der Waals surface area contributed by atoms with Gasteiger partial charge in [0.1, 0.15) is 5.84 Å². The van der Waals surface area contributed by atoms with E-state index in [1.807, 2.05) is 30.3 Å². The summed E-state index contributed by atoms with van der Waals surface area (Å²) < 4.78 is 0. The lowest BCUT2D eigenvalue weighted by Gasteiger charge is -1.97. The Morgan fingerprint density at radius 1 is 0.947 bits per heavy atom. The summed E-state index contributed by atoms with van der Waals surface area (Å²) in [5.41, 5.74) is 12.1. The van der Waals surface area contributed by atoms with Crippen molar-refractivity contribution in [1.29, 1.82) is 5.41 Å². The smallest absolute Gasteiger partial charge is 0.335 e.